The molecule has 0 aliphatic carbocycles. The third-order valence-corrected chi connectivity index (χ3v) is 30.7. The Labute approximate surface area is 758 Å². The molecule has 728 valence electrons. The molecule has 131 heavy (non-hydrogen) atoms. The third kappa shape index (κ3) is 24.2. The summed E-state index contributed by atoms with van der Waals surface area (Å²) in [4.78, 5) is 101. The fraction of sp³-hybridized carbons (Fsp3) is 0.655. The number of aliphatic hydroxyl groups is 11. The monoisotopic (exact) mass is 1930 g/mol. The van der Waals surface area contributed by atoms with Gasteiger partial charge < -0.3 is 106 Å². The lowest BCUT2D eigenvalue weighted by Crippen LogP contribution is -2.33. The Kier molecular flexibility index (Phi) is 33.2. The fourth-order valence-electron chi connectivity index (χ4n) is 16.5. The Bertz CT molecular complexity index is 5980. The number of anilines is 2. The molecule has 5 fully saturated rings. The van der Waals surface area contributed by atoms with Crippen molar-refractivity contribution in [1.82, 2.24) is 87.6 Å². The van der Waals surface area contributed by atoms with Gasteiger partial charge in [0.1, 0.15) is 119 Å². The van der Waals surface area contributed by atoms with Gasteiger partial charge in [0.05, 0.1) is 30.5 Å². The summed E-state index contributed by atoms with van der Waals surface area (Å²) in [5.74, 6) is 4.72. The molecule has 6 aliphatic rings. The largest absolute Gasteiger partial charge is 0.388 e. The lowest BCUT2D eigenvalue weighted by Gasteiger charge is -2.24. The summed E-state index contributed by atoms with van der Waals surface area (Å²) in [6.45, 7) is 29.3. The minimum absolute atomic E-state index is 0.152. The number of nitrogens with zero attached hydrogens (tertiary/aromatic N) is 15. The van der Waals surface area contributed by atoms with Crippen molar-refractivity contribution in [2.75, 3.05) is 109 Å². The average Bonchev–Trinajstić information content (AvgIpc) is 1.65. The van der Waals surface area contributed by atoms with E-state index in [1.165, 1.54) is 0 Å². The Morgan fingerprint density at radius 2 is 0.695 bits per heavy atom. The molecule has 0 bridgehead atoms. The molecule has 21 atom stereocenters. The number of unbranched alkanes of at least 4 members (excludes halogenated alkanes) is 1. The van der Waals surface area contributed by atoms with E-state index >= 15 is 0 Å². The highest BCUT2D eigenvalue weighted by Gasteiger charge is 2.51. The topological polar surface area (TPSA) is 591 Å². The lowest BCUT2D eigenvalue weighted by atomic mass is 10.1. The van der Waals surface area contributed by atoms with Crippen LogP contribution in [0, 0.1) is 33.8 Å². The summed E-state index contributed by atoms with van der Waals surface area (Å²) in [7, 11) is 0. The van der Waals surface area contributed by atoms with E-state index in [2.05, 4.69) is 167 Å². The van der Waals surface area contributed by atoms with Gasteiger partial charge in [-0.2, -0.15) is 14.4 Å². The quantitative estimate of drug-likeness (QED) is 0.0272. The highest BCUT2D eigenvalue weighted by molar-refractivity contribution is 7.73. The maximum Gasteiger partial charge on any atom is 0.293 e. The number of nitrogens with one attached hydrogen (secondary N) is 5. The van der Waals surface area contributed by atoms with Gasteiger partial charge in [0.15, 0.2) is 82.0 Å². The van der Waals surface area contributed by atoms with Gasteiger partial charge in [-0.25, -0.2) is 39.9 Å². The molecule has 0 saturated carbocycles. The predicted molar refractivity (Wildman–Crippen MR) is 518 cm³/mol. The number of aromatic amines is 4. The highest BCUT2D eigenvalue weighted by Crippen LogP contribution is 2.47. The van der Waals surface area contributed by atoms with Gasteiger partial charge in [-0.15, -0.1) is 65.9 Å². The summed E-state index contributed by atoms with van der Waals surface area (Å²) in [6, 6.07) is 0. The number of hydrogen-bond acceptors (Lipinski definition) is 32. The van der Waals surface area contributed by atoms with Crippen LogP contribution in [0.3, 0.4) is 0 Å². The number of aliphatic hydroxyl groups excluding tert-OH is 11. The number of ether oxygens (including phenoxy) is 5. The number of aliphatic imine (C=N–C) groups is 1. The molecule has 1 unspecified atom stereocenters. The number of imidazole rings is 5. The van der Waals surface area contributed by atoms with Gasteiger partial charge in [-0.3, -0.25) is 47.0 Å². The molecular formula is C84H135FN21O20P5. The first-order valence-electron chi connectivity index (χ1n) is 43.9. The van der Waals surface area contributed by atoms with Gasteiger partial charge >= 0.3 is 0 Å². The van der Waals surface area contributed by atoms with Gasteiger partial charge in [0.2, 0.25) is 5.95 Å². The molecule has 0 radical (unpaired) electrons. The first-order valence-corrected chi connectivity index (χ1v) is 59.2. The van der Waals surface area contributed by atoms with Crippen LogP contribution in [0.4, 0.5) is 16.2 Å². The van der Waals surface area contributed by atoms with Crippen LogP contribution in [0.1, 0.15) is 163 Å². The van der Waals surface area contributed by atoms with Crippen LogP contribution in [0.2, 0.25) is 0 Å². The second-order valence-corrected chi connectivity index (χ2v) is 59.8. The predicted octanol–water partition coefficient (Wildman–Crippen LogP) is 3.60. The molecule has 18 N–H and O–H groups in total. The zero-order chi connectivity index (χ0) is 96.8. The number of hydrogen-bond donors (Lipinski definition) is 17. The number of nitrogens with two attached hydrogens (primary N) is 1. The first kappa shape index (κ1) is 104. The molecule has 9 aromatic rings. The maximum atomic E-state index is 14.3. The Morgan fingerprint density at radius 3 is 1.06 bits per heavy atom. The van der Waals surface area contributed by atoms with Crippen LogP contribution < -0.4 is 33.3 Å². The number of rotatable bonds is 26. The SMILES string of the molecule is C=P(C)(C)CC[C@H]1O[C@@H](n2c(C)nc3c(=O)[nH]c(C)nc32)[C@H](O)[C@@H]1O.C=P(C)(C)CC[C@H]1O[C@@H](n2c(CC)nc3c(=O)[nH]c(C)nc32)[C@H](O)[C@@H]1O.C=P(C)(C)CC[C@H]1O[C@@H](n2c(CCC)nc3c(=O)[nH]c(C)nc32)[C@H](O)[C@@H]1O.C=P(C)(C)CC[C@H]1O[C@@H](n2c(CCCC)nc3c2NC(C)=NC3O)[C@H](O)[C@@H]1O.C=P(C)(C)CC[C@H]1O[C@@H](n2c(F)nc3c(=O)[nH]c(N)nc32)[C@H](O)[C@@H]1O. The molecule has 0 spiro atoms. The fourth-order valence-corrected chi connectivity index (χ4v) is 21.3. The van der Waals surface area contributed by atoms with Crippen LogP contribution in [-0.4, -0.2) is 370 Å². The lowest BCUT2D eigenvalue weighted by molar-refractivity contribution is -0.0412. The van der Waals surface area contributed by atoms with Crippen molar-refractivity contribution in [3.05, 3.63) is 94.0 Å². The average molecular weight is 1930 g/mol. The smallest absolute Gasteiger partial charge is 0.293 e. The summed E-state index contributed by atoms with van der Waals surface area (Å²) < 4.78 is 51.7. The first-order chi connectivity index (χ1) is 61.0. The van der Waals surface area contributed by atoms with Gasteiger partial charge in [0, 0.05) is 19.3 Å². The van der Waals surface area contributed by atoms with Gasteiger partial charge in [0.25, 0.3) is 28.3 Å². The summed E-state index contributed by atoms with van der Waals surface area (Å²) >= 11 is 0. The standard InChI is InChI=1S/C19H33N4O4P.C18H29N4O4P.C17H27N4O4P.C16H25N4O4P.C14H21FN5O4P/c1-6-7-8-13-22-14-17(20-11(2)21-18(14)26)23(13)19-16(25)15(24)12(27-19)9-10-28(3,4)5;1-6-7-12-21-13-16(19-10(2)20-17(13)25)22(12)18-15(24)14(23)11(26-18)8-9-27(3,4)5;1-6-11-20-12-15(18-9(2)19-16(12)24)21(11)17-14(23)13(22)10(25-17)7-8-26(3,4)5;1-8-17-14-11(15(23)18-8)19-9(2)20(14)16-13(22)12(21)10(24-16)6-7-25(3,4)5;1-25(2,3)5-4-6-8(21)9(22)12(24-6)20-10-7(17-13(20)15)11(23)19-14(16)18-10/h12,15-16,18-19,24-26H,3,6-10H2,1-2,4-5H3,(H,20,21);11,14-15,18,23-24H,3,6-9H2,1-2,4-5H3,(H,19,20,25);10,13-14,17,22-23H,3,6-8H2,1-2,4-5H3,(H,18,19,24);10,12-13,16,21-22H,3,6-7H2,1-2,4-5H3,(H,17,18,23);6,8-9,12,21-22H,1,4-5H2,2-3H3,(H3,16,18,19,23)/t12-,15-,16-,18?,19-;11-,14-,15-,18-;10-,13-,14-,17-;10-,12-,13-,16-;6-,8-,9-,12-/m11111/s1. The van der Waals surface area contributed by atoms with Crippen molar-refractivity contribution >= 4 is 128 Å². The normalized spacial score (nSPS) is 27.5. The van der Waals surface area contributed by atoms with E-state index < -0.39 is 175 Å². The summed E-state index contributed by atoms with van der Waals surface area (Å²) in [5, 5.41) is 119. The Hall–Kier alpha value is -7.33. The number of nitrogen functional groups attached to an aromatic ring is 1. The summed E-state index contributed by atoms with van der Waals surface area (Å²) in [5.41, 5.74) is 5.56. The van der Waals surface area contributed by atoms with E-state index in [0.717, 1.165) is 54.6 Å². The molecule has 15 rings (SSSR count). The highest BCUT2D eigenvalue weighted by atomic mass is 31.2. The second-order valence-electron chi connectivity index (χ2n) is 38.2. The molecule has 15 heterocycles. The van der Waals surface area contributed by atoms with Crippen LogP contribution in [0.15, 0.2) is 24.2 Å². The number of amidine groups is 1. The molecule has 6 aliphatic heterocycles. The van der Waals surface area contributed by atoms with Crippen LogP contribution in [0.5, 0.6) is 0 Å². The number of aromatic nitrogens is 18. The van der Waals surface area contributed by atoms with Crippen LogP contribution in [0.25, 0.3) is 44.7 Å². The van der Waals surface area contributed by atoms with Crippen molar-refractivity contribution in [3.8, 4) is 0 Å². The van der Waals surface area contributed by atoms with E-state index in [4.69, 9.17) is 29.4 Å². The van der Waals surface area contributed by atoms with E-state index in [1.54, 1.807) is 52.9 Å². The third-order valence-electron chi connectivity index (χ3n) is 23.3. The van der Waals surface area contributed by atoms with Crippen molar-refractivity contribution < 1.29 is 84.2 Å². The van der Waals surface area contributed by atoms with E-state index in [1.807, 2.05) is 27.2 Å². The van der Waals surface area contributed by atoms with Crippen LogP contribution >= 0.6 is 34.4 Å². The van der Waals surface area contributed by atoms with E-state index in [9.17, 15) is 79.7 Å². The van der Waals surface area contributed by atoms with E-state index in [-0.39, 0.29) is 50.3 Å². The number of aryl methyl sites for hydroxylation is 7. The molecule has 5 saturated heterocycles. The Morgan fingerprint density at radius 1 is 0.382 bits per heavy atom. The number of H-pyrrole nitrogens is 4. The van der Waals surface area contributed by atoms with Crippen molar-refractivity contribution in [1.29, 1.82) is 0 Å². The minimum Gasteiger partial charge on any atom is -0.388 e. The van der Waals surface area contributed by atoms with Crippen molar-refractivity contribution in [3.63, 3.8) is 0 Å². The maximum absolute atomic E-state index is 14.3. The number of fused-ring (bicyclic) bond motifs is 5. The summed E-state index contributed by atoms with van der Waals surface area (Å²) in [6.07, 6.45) is 12.4. The second kappa shape index (κ2) is 41.7. The molecule has 47 heteroatoms. The van der Waals surface area contributed by atoms with Crippen molar-refractivity contribution in [2.45, 2.75) is 255 Å². The molecule has 0 amide bonds. The van der Waals surface area contributed by atoms with E-state index in [0.29, 0.717) is 126 Å². The van der Waals surface area contributed by atoms with Gasteiger partial charge in [-0.1, -0.05) is 27.2 Å². The minimum atomic E-state index is -1.40. The molecule has 9 aromatic heterocycles. The number of halogens is 1. The molecule has 0 aromatic carbocycles. The molecule has 41 nitrogen and oxygen atoms in total. The van der Waals surface area contributed by atoms with Crippen molar-refractivity contribution in [2.24, 2.45) is 4.99 Å². The zero-order valence-corrected chi connectivity index (χ0v) is 82.4. The zero-order valence-electron chi connectivity index (χ0n) is 78.0. The van der Waals surface area contributed by atoms with Gasteiger partial charge in [-0.05, 0) is 177 Å². The van der Waals surface area contributed by atoms with Crippen LogP contribution in [-0.2, 0) is 42.9 Å². The Balaban J connectivity index is 0.000000158. The molecular weight excluding hydrogens is 1800 g/mol.